The van der Waals surface area contributed by atoms with E-state index in [1.165, 1.54) is 19.3 Å². The van der Waals surface area contributed by atoms with Crippen LogP contribution < -0.4 is 5.73 Å². The van der Waals surface area contributed by atoms with Gasteiger partial charge in [-0.1, -0.05) is 31.9 Å². The highest BCUT2D eigenvalue weighted by molar-refractivity contribution is 7.80. The zero-order chi connectivity index (χ0) is 12.7. The fourth-order valence-electron chi connectivity index (χ4n) is 1.67. The molecule has 1 rings (SSSR count). The summed E-state index contributed by atoms with van der Waals surface area (Å²) in [5.41, 5.74) is 7.35. The first kappa shape index (κ1) is 14.0. The van der Waals surface area contributed by atoms with Gasteiger partial charge in [0.05, 0.1) is 11.7 Å². The molecule has 1 aromatic rings. The quantitative estimate of drug-likeness (QED) is 0.472. The molecule has 1 aromatic carbocycles. The van der Waals surface area contributed by atoms with Crippen LogP contribution in [-0.4, -0.2) is 11.2 Å². The van der Waals surface area contributed by atoms with Gasteiger partial charge in [0.25, 0.3) is 0 Å². The van der Waals surface area contributed by atoms with E-state index >= 15 is 0 Å². The van der Waals surface area contributed by atoms with E-state index < -0.39 is 0 Å². The molecule has 0 aliphatic carbocycles. The molecule has 0 saturated carbocycles. The molecule has 0 unspecified atom stereocenters. The molecule has 2 N–H and O–H groups in total. The number of rotatable bonds is 6. The number of unbranched alkanes of at least 4 members (excludes halogenated alkanes) is 2. The van der Waals surface area contributed by atoms with E-state index in [1.54, 1.807) is 0 Å². The lowest BCUT2D eigenvalue weighted by atomic mass is 10.1. The van der Waals surface area contributed by atoms with Crippen molar-refractivity contribution in [3.05, 3.63) is 29.8 Å². The lowest BCUT2D eigenvalue weighted by Crippen LogP contribution is -2.15. The Kier molecular flexibility index (Phi) is 5.98. The predicted molar refractivity (Wildman–Crippen MR) is 77.2 cm³/mol. The molecule has 3 heteroatoms. The number of para-hydroxylation sites is 1. The van der Waals surface area contributed by atoms with Gasteiger partial charge in [0.2, 0.25) is 0 Å². The van der Waals surface area contributed by atoms with Gasteiger partial charge < -0.3 is 10.5 Å². The Balaban J connectivity index is 2.46. The molecule has 0 amide bonds. The van der Waals surface area contributed by atoms with Gasteiger partial charge in [-0.15, -0.1) is 0 Å². The second kappa shape index (κ2) is 7.28. The number of benzene rings is 1. The smallest absolute Gasteiger partial charge is 0.193 e. The minimum atomic E-state index is 0.161. The topological polar surface area (TPSA) is 35.2 Å². The van der Waals surface area contributed by atoms with Crippen LogP contribution in [-0.2, 0) is 4.74 Å². The molecule has 0 aliphatic heterocycles. The monoisotopic (exact) mass is 251 g/mol. The third kappa shape index (κ3) is 4.73. The van der Waals surface area contributed by atoms with E-state index in [0.717, 1.165) is 12.0 Å². The Morgan fingerprint density at radius 3 is 2.71 bits per heavy atom. The number of thiocarbonyl (C=S) groups is 1. The van der Waals surface area contributed by atoms with Gasteiger partial charge in [0, 0.05) is 5.69 Å². The normalized spacial score (nSPS) is 12.1. The van der Waals surface area contributed by atoms with Gasteiger partial charge in [0.1, 0.15) is 0 Å². The van der Waals surface area contributed by atoms with Crippen LogP contribution in [0, 0.1) is 0 Å². The van der Waals surface area contributed by atoms with Crippen LogP contribution in [0.5, 0.6) is 0 Å². The molecule has 2 nitrogen and oxygen atoms in total. The van der Waals surface area contributed by atoms with Crippen LogP contribution in [0.2, 0.25) is 0 Å². The molecule has 17 heavy (non-hydrogen) atoms. The van der Waals surface area contributed by atoms with E-state index in [-0.39, 0.29) is 6.10 Å². The minimum absolute atomic E-state index is 0.161. The lowest BCUT2D eigenvalue weighted by Gasteiger charge is -2.16. The summed E-state index contributed by atoms with van der Waals surface area (Å²) < 4.78 is 5.72. The van der Waals surface area contributed by atoms with Gasteiger partial charge in [0.15, 0.2) is 5.05 Å². The molecule has 0 heterocycles. The van der Waals surface area contributed by atoms with E-state index in [1.807, 2.05) is 24.3 Å². The maximum Gasteiger partial charge on any atom is 0.193 e. The number of nitrogens with two attached hydrogens (primary N) is 1. The first-order chi connectivity index (χ1) is 8.15. The third-order valence-corrected chi connectivity index (χ3v) is 3.02. The van der Waals surface area contributed by atoms with Crippen LogP contribution >= 0.6 is 12.2 Å². The van der Waals surface area contributed by atoms with Crippen molar-refractivity contribution in [3.8, 4) is 0 Å². The minimum Gasteiger partial charge on any atom is -0.480 e. The van der Waals surface area contributed by atoms with E-state index in [9.17, 15) is 0 Å². The predicted octanol–water partition coefficient (Wildman–Crippen LogP) is 3.93. The fraction of sp³-hybridized carbons (Fsp3) is 0.500. The van der Waals surface area contributed by atoms with Gasteiger partial charge in [-0.2, -0.15) is 0 Å². The third-order valence-electron chi connectivity index (χ3n) is 2.70. The van der Waals surface area contributed by atoms with Crippen molar-refractivity contribution < 1.29 is 4.74 Å². The largest absolute Gasteiger partial charge is 0.480 e. The molecule has 94 valence electrons. The fourth-order valence-corrected chi connectivity index (χ4v) is 2.02. The molecule has 0 spiro atoms. The average Bonchev–Trinajstić information content (AvgIpc) is 2.29. The standard InChI is InChI=1S/C14H21NOS/c1-3-4-5-8-11(2)16-14(17)12-9-6-7-10-13(12)15/h6-7,9-11H,3-5,8,15H2,1-2H3/t11-/m1/s1. The highest BCUT2D eigenvalue weighted by Gasteiger charge is 2.10. The van der Waals surface area contributed by atoms with Gasteiger partial charge in [-0.3, -0.25) is 0 Å². The maximum absolute atomic E-state index is 5.85. The van der Waals surface area contributed by atoms with Crippen LogP contribution in [0.4, 0.5) is 5.69 Å². The zero-order valence-electron chi connectivity index (χ0n) is 10.6. The molecule has 0 aromatic heterocycles. The number of hydrogen-bond donors (Lipinski definition) is 1. The summed E-state index contributed by atoms with van der Waals surface area (Å²) in [6, 6.07) is 7.55. The number of nitrogen functional groups attached to an aromatic ring is 1. The number of anilines is 1. The molecule has 0 radical (unpaired) electrons. The van der Waals surface area contributed by atoms with Crippen molar-refractivity contribution in [3.63, 3.8) is 0 Å². The highest BCUT2D eigenvalue weighted by Crippen LogP contribution is 2.15. The molecular formula is C14H21NOS. The zero-order valence-corrected chi connectivity index (χ0v) is 11.4. The molecule has 0 bridgehead atoms. The summed E-state index contributed by atoms with van der Waals surface area (Å²) in [7, 11) is 0. The Morgan fingerprint density at radius 2 is 2.06 bits per heavy atom. The summed E-state index contributed by atoms with van der Waals surface area (Å²) in [5, 5.41) is 0.507. The second-order valence-corrected chi connectivity index (χ2v) is 4.67. The van der Waals surface area contributed by atoms with Crippen LogP contribution in [0.25, 0.3) is 0 Å². The Morgan fingerprint density at radius 1 is 1.35 bits per heavy atom. The van der Waals surface area contributed by atoms with Crippen molar-refractivity contribution >= 4 is 23.0 Å². The summed E-state index contributed by atoms with van der Waals surface area (Å²) in [6.07, 6.45) is 4.86. The lowest BCUT2D eigenvalue weighted by molar-refractivity contribution is 0.200. The molecular weight excluding hydrogens is 230 g/mol. The first-order valence-electron chi connectivity index (χ1n) is 6.20. The summed E-state index contributed by atoms with van der Waals surface area (Å²) in [4.78, 5) is 0. The van der Waals surface area contributed by atoms with Crippen LogP contribution in [0.1, 0.15) is 45.1 Å². The molecule has 0 aliphatic rings. The molecule has 1 atom stereocenters. The van der Waals surface area contributed by atoms with Gasteiger partial charge >= 0.3 is 0 Å². The van der Waals surface area contributed by atoms with Crippen molar-refractivity contribution in [2.75, 3.05) is 5.73 Å². The Bertz CT molecular complexity index is 365. The van der Waals surface area contributed by atoms with Crippen molar-refractivity contribution in [2.45, 2.75) is 45.6 Å². The number of ether oxygens (including phenoxy) is 1. The summed E-state index contributed by atoms with van der Waals surface area (Å²) >= 11 is 5.26. The molecule has 0 fully saturated rings. The Labute approximate surface area is 109 Å². The SMILES string of the molecule is CCCCC[C@@H](C)OC(=S)c1ccccc1N. The maximum atomic E-state index is 5.85. The van der Waals surface area contributed by atoms with Crippen LogP contribution in [0.15, 0.2) is 24.3 Å². The average molecular weight is 251 g/mol. The van der Waals surface area contributed by atoms with Crippen LogP contribution in [0.3, 0.4) is 0 Å². The van der Waals surface area contributed by atoms with E-state index in [2.05, 4.69) is 13.8 Å². The summed E-state index contributed by atoms with van der Waals surface area (Å²) in [5.74, 6) is 0. The van der Waals surface area contributed by atoms with Crippen molar-refractivity contribution in [1.29, 1.82) is 0 Å². The number of hydrogen-bond acceptors (Lipinski definition) is 3. The second-order valence-electron chi connectivity index (χ2n) is 4.30. The summed E-state index contributed by atoms with van der Waals surface area (Å²) in [6.45, 7) is 4.25. The first-order valence-corrected chi connectivity index (χ1v) is 6.61. The highest BCUT2D eigenvalue weighted by atomic mass is 32.1. The Hall–Kier alpha value is -1.09. The molecule has 0 saturated heterocycles. The van der Waals surface area contributed by atoms with E-state index in [4.69, 9.17) is 22.7 Å². The van der Waals surface area contributed by atoms with Gasteiger partial charge in [-0.05, 0) is 44.1 Å². The van der Waals surface area contributed by atoms with E-state index in [0.29, 0.717) is 10.7 Å². The van der Waals surface area contributed by atoms with Crippen molar-refractivity contribution in [1.82, 2.24) is 0 Å². The van der Waals surface area contributed by atoms with Crippen molar-refractivity contribution in [2.24, 2.45) is 0 Å². The van der Waals surface area contributed by atoms with Gasteiger partial charge in [-0.25, -0.2) is 0 Å².